The van der Waals surface area contributed by atoms with Crippen molar-refractivity contribution in [2.24, 2.45) is 0 Å². The molecule has 0 aliphatic carbocycles. The van der Waals surface area contributed by atoms with Gasteiger partial charge in [0.1, 0.15) is 0 Å². The predicted octanol–water partition coefficient (Wildman–Crippen LogP) is 0.0628. The van der Waals surface area contributed by atoms with Gasteiger partial charge in [-0.3, -0.25) is 0 Å². The van der Waals surface area contributed by atoms with Gasteiger partial charge in [0.2, 0.25) is 0 Å². The summed E-state index contributed by atoms with van der Waals surface area (Å²) in [5.74, 6) is 0.793. The zero-order valence-electron chi connectivity index (χ0n) is 7.58. The van der Waals surface area contributed by atoms with Crippen LogP contribution in [0.3, 0.4) is 0 Å². The topological polar surface area (TPSA) is 9.23 Å². The molecular formula is C9H13I2O-. The second-order valence-electron chi connectivity index (χ2n) is 3.42. The first kappa shape index (κ1) is 10.8. The van der Waals surface area contributed by atoms with Crippen LogP contribution < -0.4 is 21.2 Å². The van der Waals surface area contributed by atoms with Gasteiger partial charge in [-0.05, 0) is 0 Å². The van der Waals surface area contributed by atoms with Crippen molar-refractivity contribution in [2.45, 2.75) is 27.8 Å². The SMILES string of the molecule is C=C1OC(C)(C)C(C)(I)[I-]C1=C. The average Bonchev–Trinajstić information content (AvgIpc) is 1.82. The summed E-state index contributed by atoms with van der Waals surface area (Å²) in [4.78, 5) is 0. The van der Waals surface area contributed by atoms with E-state index < -0.39 is 0 Å². The van der Waals surface area contributed by atoms with E-state index >= 15 is 0 Å². The minimum absolute atomic E-state index is 0.0567. The van der Waals surface area contributed by atoms with E-state index in [-0.39, 0.29) is 28.2 Å². The molecule has 0 aromatic heterocycles. The van der Waals surface area contributed by atoms with E-state index in [0.717, 1.165) is 9.34 Å². The third-order valence-corrected chi connectivity index (χ3v) is 8.26. The van der Waals surface area contributed by atoms with Crippen molar-refractivity contribution >= 4 is 22.6 Å². The van der Waals surface area contributed by atoms with E-state index in [1.807, 2.05) is 0 Å². The van der Waals surface area contributed by atoms with Gasteiger partial charge in [0.25, 0.3) is 0 Å². The van der Waals surface area contributed by atoms with Crippen LogP contribution in [-0.4, -0.2) is 7.03 Å². The Morgan fingerprint density at radius 1 is 1.33 bits per heavy atom. The number of ether oxygens (including phenoxy) is 1. The minimum atomic E-state index is -0.0981. The van der Waals surface area contributed by atoms with Gasteiger partial charge in [0.05, 0.1) is 0 Å². The van der Waals surface area contributed by atoms with Crippen LogP contribution in [0.1, 0.15) is 20.8 Å². The normalized spacial score (nSPS) is 35.3. The standard InChI is InChI=1S/C9H13I2O/c1-6-7(2)12-8(3,4)9(5,10)11-6/h1-2H2,3-5H3/q-1. The Hall–Kier alpha value is 0.740. The fraction of sp³-hybridized carbons (Fsp3) is 0.556. The summed E-state index contributed by atoms with van der Waals surface area (Å²) < 4.78 is 7.08. The molecule has 1 aliphatic rings. The third kappa shape index (κ3) is 1.81. The molecule has 1 heterocycles. The van der Waals surface area contributed by atoms with Crippen LogP contribution in [0.25, 0.3) is 0 Å². The molecule has 1 atom stereocenters. The van der Waals surface area contributed by atoms with Gasteiger partial charge in [-0.2, -0.15) is 0 Å². The molecule has 0 aromatic carbocycles. The molecular weight excluding hydrogens is 378 g/mol. The molecule has 1 saturated heterocycles. The Morgan fingerprint density at radius 2 is 1.83 bits per heavy atom. The molecule has 0 amide bonds. The van der Waals surface area contributed by atoms with Crippen LogP contribution in [0, 0.1) is 0 Å². The van der Waals surface area contributed by atoms with E-state index in [2.05, 4.69) is 56.5 Å². The van der Waals surface area contributed by atoms with Crippen LogP contribution in [0.5, 0.6) is 0 Å². The molecule has 70 valence electrons. The van der Waals surface area contributed by atoms with Crippen molar-refractivity contribution in [3.63, 3.8) is 0 Å². The van der Waals surface area contributed by atoms with Crippen molar-refractivity contribution in [2.75, 3.05) is 0 Å². The predicted molar refractivity (Wildman–Crippen MR) is 55.9 cm³/mol. The first-order valence-corrected chi connectivity index (χ1v) is 6.92. The Morgan fingerprint density at radius 3 is 2.25 bits per heavy atom. The molecule has 1 aliphatic heterocycles. The third-order valence-electron chi connectivity index (χ3n) is 2.03. The van der Waals surface area contributed by atoms with Gasteiger partial charge >= 0.3 is 98.8 Å². The second kappa shape index (κ2) is 3.15. The number of hydrogen-bond donors (Lipinski definition) is 0. The Bertz CT molecular complexity index is 215. The maximum atomic E-state index is 5.73. The van der Waals surface area contributed by atoms with Gasteiger partial charge in [-0.25, -0.2) is 0 Å². The van der Waals surface area contributed by atoms with Crippen molar-refractivity contribution in [1.29, 1.82) is 0 Å². The first-order chi connectivity index (χ1) is 5.26. The monoisotopic (exact) mass is 391 g/mol. The van der Waals surface area contributed by atoms with Crippen molar-refractivity contribution in [1.82, 2.24) is 0 Å². The summed E-state index contributed by atoms with van der Waals surface area (Å²) in [5, 5.41) is 0. The Kier molecular flexibility index (Phi) is 2.84. The summed E-state index contributed by atoms with van der Waals surface area (Å²) in [7, 11) is 0. The average molecular weight is 391 g/mol. The van der Waals surface area contributed by atoms with E-state index in [4.69, 9.17) is 4.74 Å². The molecule has 0 spiro atoms. The molecule has 3 heteroatoms. The first-order valence-electron chi connectivity index (χ1n) is 3.68. The zero-order valence-corrected chi connectivity index (χ0v) is 11.9. The fourth-order valence-electron chi connectivity index (χ4n) is 0.834. The molecule has 0 bridgehead atoms. The molecule has 1 unspecified atom stereocenters. The Balaban J connectivity index is 2.95. The molecule has 1 rings (SSSR count). The summed E-state index contributed by atoms with van der Waals surface area (Å²) in [6, 6.07) is 0. The molecule has 0 saturated carbocycles. The Labute approximate surface area is 98.0 Å². The number of halogens is 2. The molecule has 1 nitrogen and oxygen atoms in total. The maximum absolute atomic E-state index is 5.73. The van der Waals surface area contributed by atoms with E-state index in [9.17, 15) is 0 Å². The summed E-state index contributed by atoms with van der Waals surface area (Å²) in [5.41, 5.74) is -0.0981. The van der Waals surface area contributed by atoms with Crippen LogP contribution in [0.15, 0.2) is 22.5 Å². The number of allylic oxidation sites excluding steroid dienone is 1. The van der Waals surface area contributed by atoms with Crippen LogP contribution in [-0.2, 0) is 4.74 Å². The molecule has 0 radical (unpaired) electrons. The van der Waals surface area contributed by atoms with Gasteiger partial charge in [-0.1, -0.05) is 0 Å². The molecule has 0 N–H and O–H groups in total. The number of alkyl halides is 2. The van der Waals surface area contributed by atoms with Crippen molar-refractivity contribution in [3.05, 3.63) is 22.5 Å². The van der Waals surface area contributed by atoms with Crippen LogP contribution in [0.4, 0.5) is 0 Å². The molecule has 12 heavy (non-hydrogen) atoms. The summed E-state index contributed by atoms with van der Waals surface area (Å²) in [6.07, 6.45) is 0. The molecule has 0 aromatic rings. The zero-order chi connectivity index (χ0) is 9.57. The number of rotatable bonds is 0. The van der Waals surface area contributed by atoms with Crippen LogP contribution in [0.2, 0.25) is 0 Å². The van der Waals surface area contributed by atoms with E-state index in [1.165, 1.54) is 0 Å². The molecule has 1 fully saturated rings. The van der Waals surface area contributed by atoms with Crippen molar-refractivity contribution < 1.29 is 25.9 Å². The quantitative estimate of drug-likeness (QED) is 0.420. The van der Waals surface area contributed by atoms with E-state index in [0.29, 0.717) is 0 Å². The summed E-state index contributed by atoms with van der Waals surface area (Å²) >= 11 is 2.42. The van der Waals surface area contributed by atoms with Crippen LogP contribution >= 0.6 is 22.6 Å². The van der Waals surface area contributed by atoms with Gasteiger partial charge in [-0.15, -0.1) is 0 Å². The number of hydrogen-bond acceptors (Lipinski definition) is 1. The van der Waals surface area contributed by atoms with Gasteiger partial charge in [0, 0.05) is 0 Å². The van der Waals surface area contributed by atoms with E-state index in [1.54, 1.807) is 0 Å². The summed E-state index contributed by atoms with van der Waals surface area (Å²) in [6.45, 7) is 14.3. The van der Waals surface area contributed by atoms with Gasteiger partial charge < -0.3 is 0 Å². The van der Waals surface area contributed by atoms with Gasteiger partial charge in [0.15, 0.2) is 0 Å². The second-order valence-corrected chi connectivity index (χ2v) is 11.6. The fourth-order valence-corrected chi connectivity index (χ4v) is 4.99. The van der Waals surface area contributed by atoms with Crippen molar-refractivity contribution in [3.8, 4) is 0 Å².